The van der Waals surface area contributed by atoms with Gasteiger partial charge >= 0.3 is 0 Å². The largest absolute Gasteiger partial charge is 0.378 e. The van der Waals surface area contributed by atoms with Crippen molar-refractivity contribution in [2.24, 2.45) is 5.92 Å². The molecular formula is C14H26ClN3O3. The maximum absolute atomic E-state index is 11.9. The Hall–Kier alpha value is -0.850. The van der Waals surface area contributed by atoms with Gasteiger partial charge in [0.15, 0.2) is 0 Å². The summed E-state index contributed by atoms with van der Waals surface area (Å²) in [6, 6.07) is 0. The molecule has 2 aliphatic heterocycles. The summed E-state index contributed by atoms with van der Waals surface area (Å²) in [6.45, 7) is 5.12. The van der Waals surface area contributed by atoms with E-state index in [9.17, 15) is 9.59 Å². The highest BCUT2D eigenvalue weighted by Crippen LogP contribution is 2.13. The molecule has 2 N–H and O–H groups in total. The van der Waals surface area contributed by atoms with Crippen LogP contribution in [-0.2, 0) is 14.3 Å². The summed E-state index contributed by atoms with van der Waals surface area (Å²) in [4.78, 5) is 25.3. The molecule has 0 aromatic heterocycles. The van der Waals surface area contributed by atoms with Crippen LogP contribution in [0.1, 0.15) is 25.7 Å². The number of hydrogen-bond acceptors (Lipinski definition) is 4. The lowest BCUT2D eigenvalue weighted by atomic mass is 10.0. The molecule has 7 heteroatoms. The van der Waals surface area contributed by atoms with Gasteiger partial charge in [0.1, 0.15) is 0 Å². The highest BCUT2D eigenvalue weighted by molar-refractivity contribution is 5.85. The molecule has 1 atom stereocenters. The Morgan fingerprint density at radius 3 is 2.67 bits per heavy atom. The molecule has 0 radical (unpaired) electrons. The summed E-state index contributed by atoms with van der Waals surface area (Å²) in [5.41, 5.74) is 0. The molecule has 2 aliphatic rings. The molecule has 2 heterocycles. The van der Waals surface area contributed by atoms with Crippen molar-refractivity contribution in [3.05, 3.63) is 0 Å². The van der Waals surface area contributed by atoms with E-state index in [4.69, 9.17) is 4.74 Å². The standard InChI is InChI=1S/C14H25N3O3.ClH/c18-13(2-1-12-3-5-15-11-12)16-6-4-14(19)17-7-9-20-10-8-17;/h12,15H,1-11H2,(H,16,18);1H. The molecule has 2 saturated heterocycles. The number of halogens is 1. The molecule has 2 fully saturated rings. The second-order valence-corrected chi connectivity index (χ2v) is 5.49. The van der Waals surface area contributed by atoms with Crippen molar-refractivity contribution in [2.75, 3.05) is 45.9 Å². The van der Waals surface area contributed by atoms with Gasteiger partial charge in [-0.1, -0.05) is 0 Å². The van der Waals surface area contributed by atoms with Crippen molar-refractivity contribution in [3.8, 4) is 0 Å². The number of hydrogen-bond donors (Lipinski definition) is 2. The second-order valence-electron chi connectivity index (χ2n) is 5.49. The lowest BCUT2D eigenvalue weighted by molar-refractivity contribution is -0.135. The van der Waals surface area contributed by atoms with Crippen LogP contribution in [0.15, 0.2) is 0 Å². The van der Waals surface area contributed by atoms with Crippen LogP contribution in [0.2, 0.25) is 0 Å². The summed E-state index contributed by atoms with van der Waals surface area (Å²) >= 11 is 0. The van der Waals surface area contributed by atoms with E-state index >= 15 is 0 Å². The Kier molecular flexibility index (Phi) is 8.64. The first-order valence-electron chi connectivity index (χ1n) is 7.58. The highest BCUT2D eigenvalue weighted by Gasteiger charge is 2.17. The number of carbonyl (C=O) groups excluding carboxylic acids is 2. The van der Waals surface area contributed by atoms with E-state index in [-0.39, 0.29) is 24.2 Å². The average Bonchev–Trinajstić information content (AvgIpc) is 2.99. The van der Waals surface area contributed by atoms with Gasteiger partial charge in [-0.25, -0.2) is 0 Å². The first-order chi connectivity index (χ1) is 9.75. The quantitative estimate of drug-likeness (QED) is 0.732. The average molecular weight is 320 g/mol. The molecule has 122 valence electrons. The number of ether oxygens (including phenoxy) is 1. The fraction of sp³-hybridized carbons (Fsp3) is 0.857. The van der Waals surface area contributed by atoms with Crippen LogP contribution in [0.25, 0.3) is 0 Å². The minimum atomic E-state index is 0. The van der Waals surface area contributed by atoms with Gasteiger partial charge < -0.3 is 20.3 Å². The summed E-state index contributed by atoms with van der Waals surface area (Å²) < 4.78 is 5.20. The van der Waals surface area contributed by atoms with E-state index < -0.39 is 0 Å². The van der Waals surface area contributed by atoms with Crippen LogP contribution in [0.3, 0.4) is 0 Å². The highest BCUT2D eigenvalue weighted by atomic mass is 35.5. The van der Waals surface area contributed by atoms with Crippen molar-refractivity contribution in [2.45, 2.75) is 25.7 Å². The Morgan fingerprint density at radius 2 is 2.00 bits per heavy atom. The summed E-state index contributed by atoms with van der Waals surface area (Å²) in [7, 11) is 0. The second kappa shape index (κ2) is 9.97. The monoisotopic (exact) mass is 319 g/mol. The van der Waals surface area contributed by atoms with Gasteiger partial charge in [0.2, 0.25) is 11.8 Å². The molecule has 0 aromatic carbocycles. The van der Waals surface area contributed by atoms with E-state index in [0.29, 0.717) is 51.6 Å². The van der Waals surface area contributed by atoms with Crippen molar-refractivity contribution in [3.63, 3.8) is 0 Å². The zero-order valence-electron chi connectivity index (χ0n) is 12.4. The van der Waals surface area contributed by atoms with Gasteiger partial charge in [-0.2, -0.15) is 0 Å². The minimum absolute atomic E-state index is 0. The molecule has 2 rings (SSSR count). The number of nitrogens with one attached hydrogen (secondary N) is 2. The van der Waals surface area contributed by atoms with Gasteiger partial charge in [0.25, 0.3) is 0 Å². The first-order valence-corrected chi connectivity index (χ1v) is 7.58. The van der Waals surface area contributed by atoms with Gasteiger partial charge in [0.05, 0.1) is 13.2 Å². The van der Waals surface area contributed by atoms with E-state index in [2.05, 4.69) is 10.6 Å². The van der Waals surface area contributed by atoms with Crippen molar-refractivity contribution >= 4 is 24.2 Å². The number of amides is 2. The lowest BCUT2D eigenvalue weighted by Crippen LogP contribution is -2.42. The van der Waals surface area contributed by atoms with Crippen LogP contribution in [0, 0.1) is 5.92 Å². The number of morpholine rings is 1. The molecular weight excluding hydrogens is 294 g/mol. The lowest BCUT2D eigenvalue weighted by Gasteiger charge is -2.26. The van der Waals surface area contributed by atoms with Gasteiger partial charge in [-0.3, -0.25) is 9.59 Å². The molecule has 6 nitrogen and oxygen atoms in total. The number of rotatable bonds is 6. The maximum atomic E-state index is 11.9. The molecule has 0 bridgehead atoms. The molecule has 0 aromatic rings. The van der Waals surface area contributed by atoms with Gasteiger partial charge in [0, 0.05) is 32.5 Å². The van der Waals surface area contributed by atoms with Crippen LogP contribution in [0.5, 0.6) is 0 Å². The Balaban J connectivity index is 0.00000220. The predicted octanol–water partition coefficient (Wildman–Crippen LogP) is 0.163. The Labute approximate surface area is 132 Å². The maximum Gasteiger partial charge on any atom is 0.224 e. The smallest absolute Gasteiger partial charge is 0.224 e. The number of nitrogens with zero attached hydrogens (tertiary/aromatic N) is 1. The van der Waals surface area contributed by atoms with Crippen molar-refractivity contribution in [1.82, 2.24) is 15.5 Å². The third-order valence-corrected chi connectivity index (χ3v) is 3.97. The SMILES string of the molecule is Cl.O=C(CCC1CCNC1)NCCC(=O)N1CCOCC1. The van der Waals surface area contributed by atoms with Crippen LogP contribution < -0.4 is 10.6 Å². The molecule has 0 aliphatic carbocycles. The summed E-state index contributed by atoms with van der Waals surface area (Å²) in [5, 5.41) is 6.14. The molecule has 21 heavy (non-hydrogen) atoms. The first kappa shape index (κ1) is 18.2. The molecule has 0 saturated carbocycles. The third-order valence-electron chi connectivity index (χ3n) is 3.97. The summed E-state index contributed by atoms with van der Waals surface area (Å²) in [6.07, 6.45) is 3.06. The topological polar surface area (TPSA) is 70.7 Å². The van der Waals surface area contributed by atoms with E-state index in [1.807, 2.05) is 0 Å². The Bertz CT molecular complexity index is 329. The van der Waals surface area contributed by atoms with Crippen molar-refractivity contribution in [1.29, 1.82) is 0 Å². The Morgan fingerprint density at radius 1 is 1.24 bits per heavy atom. The molecule has 1 unspecified atom stereocenters. The van der Waals surface area contributed by atoms with E-state index in [0.717, 1.165) is 19.5 Å². The minimum Gasteiger partial charge on any atom is -0.378 e. The summed E-state index contributed by atoms with van der Waals surface area (Å²) in [5.74, 6) is 0.802. The zero-order chi connectivity index (χ0) is 14.2. The number of carbonyl (C=O) groups is 2. The zero-order valence-corrected chi connectivity index (χ0v) is 13.3. The van der Waals surface area contributed by atoms with Gasteiger partial charge in [-0.05, 0) is 31.8 Å². The van der Waals surface area contributed by atoms with Crippen LogP contribution in [0.4, 0.5) is 0 Å². The fourth-order valence-corrected chi connectivity index (χ4v) is 2.66. The molecule has 0 spiro atoms. The van der Waals surface area contributed by atoms with E-state index in [1.165, 1.54) is 6.42 Å². The fourth-order valence-electron chi connectivity index (χ4n) is 2.66. The van der Waals surface area contributed by atoms with Crippen molar-refractivity contribution < 1.29 is 14.3 Å². The van der Waals surface area contributed by atoms with Gasteiger partial charge in [-0.15, -0.1) is 12.4 Å². The normalized spacial score (nSPS) is 21.7. The predicted molar refractivity (Wildman–Crippen MR) is 82.5 cm³/mol. The third kappa shape index (κ3) is 6.63. The van der Waals surface area contributed by atoms with Crippen LogP contribution in [-0.4, -0.2) is 62.7 Å². The van der Waals surface area contributed by atoms with Crippen LogP contribution >= 0.6 is 12.4 Å². The van der Waals surface area contributed by atoms with E-state index in [1.54, 1.807) is 4.90 Å². The molecule has 2 amide bonds.